The fraction of sp³-hybridized carbons (Fsp3) is 0.757. The highest BCUT2D eigenvalue weighted by atomic mass is 32.2. The number of carbonyl (C=O) groups is 1. The van der Waals surface area contributed by atoms with Crippen molar-refractivity contribution >= 4 is 16.0 Å². The van der Waals surface area contributed by atoms with Crippen LogP contribution in [0.3, 0.4) is 0 Å². The molecule has 0 aromatic carbocycles. The van der Waals surface area contributed by atoms with Gasteiger partial charge in [-0.15, -0.1) is 0 Å². The lowest BCUT2D eigenvalue weighted by Gasteiger charge is -2.22. The topological polar surface area (TPSA) is 124 Å². The van der Waals surface area contributed by atoms with Crippen LogP contribution >= 0.6 is 0 Å². The Hall–Kier alpha value is -1.74. The molecule has 0 heterocycles. The number of aliphatic hydroxyl groups excluding tert-OH is 2. The number of aliphatic hydroxyl groups is 2. The number of unbranched alkanes of at least 4 members (excludes halogenated alkanes) is 16. The van der Waals surface area contributed by atoms with Crippen molar-refractivity contribution < 1.29 is 28.0 Å². The molecular formula is C37H67NO6S. The Bertz CT molecular complexity index is 912. The number of rotatable bonds is 31. The smallest absolute Gasteiger partial charge is 0.267 e. The van der Waals surface area contributed by atoms with Crippen molar-refractivity contribution in [3.63, 3.8) is 0 Å². The molecule has 0 bridgehead atoms. The van der Waals surface area contributed by atoms with E-state index in [0.717, 1.165) is 44.9 Å². The molecule has 3 unspecified atom stereocenters. The largest absolute Gasteiger partial charge is 0.387 e. The minimum absolute atomic E-state index is 0.239. The summed E-state index contributed by atoms with van der Waals surface area (Å²) in [5.74, 6) is -1.59. The third-order valence-electron chi connectivity index (χ3n) is 7.81. The van der Waals surface area contributed by atoms with Gasteiger partial charge in [-0.3, -0.25) is 9.35 Å². The molecule has 4 N–H and O–H groups in total. The van der Waals surface area contributed by atoms with Crippen LogP contribution in [0, 0.1) is 0 Å². The van der Waals surface area contributed by atoms with Crippen LogP contribution in [0.15, 0.2) is 48.6 Å². The molecule has 0 fully saturated rings. The summed E-state index contributed by atoms with van der Waals surface area (Å²) in [5.41, 5.74) is 0. The van der Waals surface area contributed by atoms with Crippen molar-refractivity contribution in [3.8, 4) is 0 Å². The monoisotopic (exact) mass is 653 g/mol. The molecule has 0 aliphatic carbocycles. The van der Waals surface area contributed by atoms with Gasteiger partial charge in [0, 0.05) is 0 Å². The van der Waals surface area contributed by atoms with E-state index >= 15 is 0 Å². The Labute approximate surface area is 276 Å². The average molecular weight is 654 g/mol. The van der Waals surface area contributed by atoms with Crippen molar-refractivity contribution in [1.29, 1.82) is 0 Å². The van der Waals surface area contributed by atoms with Gasteiger partial charge in [0.05, 0.1) is 17.9 Å². The fourth-order valence-corrected chi connectivity index (χ4v) is 5.74. The van der Waals surface area contributed by atoms with Gasteiger partial charge in [-0.2, -0.15) is 8.42 Å². The maximum atomic E-state index is 12.5. The summed E-state index contributed by atoms with van der Waals surface area (Å²) in [6, 6.07) is -1.26. The summed E-state index contributed by atoms with van der Waals surface area (Å²) in [6.07, 6.45) is 37.4. The molecule has 7 nitrogen and oxygen atoms in total. The van der Waals surface area contributed by atoms with Gasteiger partial charge in [-0.05, 0) is 70.6 Å². The van der Waals surface area contributed by atoms with Gasteiger partial charge in [-0.25, -0.2) is 0 Å². The lowest BCUT2D eigenvalue weighted by atomic mass is 10.1. The summed E-state index contributed by atoms with van der Waals surface area (Å²) in [7, 11) is -4.46. The molecule has 0 aliphatic heterocycles. The second-order valence-electron chi connectivity index (χ2n) is 12.3. The molecule has 0 saturated carbocycles. The van der Waals surface area contributed by atoms with Gasteiger partial charge < -0.3 is 15.5 Å². The molecule has 8 heteroatoms. The Kier molecular flexibility index (Phi) is 29.7. The molecule has 1 amide bonds. The molecule has 0 aromatic rings. The van der Waals surface area contributed by atoms with E-state index in [1.807, 2.05) is 0 Å². The van der Waals surface area contributed by atoms with Gasteiger partial charge in [0.2, 0.25) is 5.91 Å². The molecule has 262 valence electrons. The molecule has 45 heavy (non-hydrogen) atoms. The number of hydrogen-bond acceptors (Lipinski definition) is 5. The minimum atomic E-state index is -4.46. The summed E-state index contributed by atoms with van der Waals surface area (Å²) < 4.78 is 32.3. The zero-order valence-corrected chi connectivity index (χ0v) is 29.4. The van der Waals surface area contributed by atoms with E-state index in [2.05, 4.69) is 55.6 Å². The van der Waals surface area contributed by atoms with Crippen molar-refractivity contribution in [3.05, 3.63) is 48.6 Å². The van der Waals surface area contributed by atoms with Crippen molar-refractivity contribution in [2.75, 3.05) is 5.75 Å². The lowest BCUT2D eigenvalue weighted by Crippen LogP contribution is -2.50. The van der Waals surface area contributed by atoms with Gasteiger partial charge in [0.25, 0.3) is 10.1 Å². The van der Waals surface area contributed by atoms with Crippen LogP contribution in [0.4, 0.5) is 0 Å². The normalized spacial score (nSPS) is 14.7. The van der Waals surface area contributed by atoms with Crippen LogP contribution in [0.5, 0.6) is 0 Å². The molecule has 0 aromatic heterocycles. The third kappa shape index (κ3) is 30.7. The molecule has 0 rings (SSSR count). The van der Waals surface area contributed by atoms with E-state index in [-0.39, 0.29) is 6.42 Å². The molecule has 0 spiro atoms. The molecular weight excluding hydrogens is 586 g/mol. The highest BCUT2D eigenvalue weighted by molar-refractivity contribution is 7.85. The predicted octanol–water partition coefficient (Wildman–Crippen LogP) is 8.93. The SMILES string of the molecule is CCCCCCCC/C=C\CCCCC(O)C(=O)NC(CS(=O)(=O)O)C(O)/C=C/CC/C=C/CC/C=C/CCCCCCCC. The first-order chi connectivity index (χ1) is 21.7. The lowest BCUT2D eigenvalue weighted by molar-refractivity contribution is -0.130. The quantitative estimate of drug-likeness (QED) is 0.0336. The summed E-state index contributed by atoms with van der Waals surface area (Å²) >= 11 is 0. The van der Waals surface area contributed by atoms with Gasteiger partial charge >= 0.3 is 0 Å². The summed E-state index contributed by atoms with van der Waals surface area (Å²) in [6.45, 7) is 4.46. The van der Waals surface area contributed by atoms with E-state index in [1.54, 1.807) is 6.08 Å². The first-order valence-corrected chi connectivity index (χ1v) is 19.6. The second kappa shape index (κ2) is 30.9. The van der Waals surface area contributed by atoms with Crippen LogP contribution in [-0.4, -0.2) is 53.1 Å². The Morgan fingerprint density at radius 3 is 1.47 bits per heavy atom. The summed E-state index contributed by atoms with van der Waals surface area (Å²) in [5, 5.41) is 23.2. The minimum Gasteiger partial charge on any atom is -0.387 e. The van der Waals surface area contributed by atoms with Crippen molar-refractivity contribution in [2.24, 2.45) is 0 Å². The van der Waals surface area contributed by atoms with Gasteiger partial charge in [-0.1, -0.05) is 133 Å². The Morgan fingerprint density at radius 2 is 1.00 bits per heavy atom. The number of amides is 1. The van der Waals surface area contributed by atoms with E-state index in [0.29, 0.717) is 12.8 Å². The van der Waals surface area contributed by atoms with E-state index in [1.165, 1.54) is 83.1 Å². The third-order valence-corrected chi connectivity index (χ3v) is 8.59. The standard InChI is InChI=1S/C37H67NO6S/c1-3-5-7-9-11-13-15-17-18-19-20-22-23-25-27-29-31-35(39)34(33-45(42,43)44)38-37(41)36(40)32-30-28-26-24-21-16-14-12-10-8-6-4-2/h17-18,21-24,29,31,34-36,39-40H,3-16,19-20,25-28,30,32-33H2,1-2H3,(H,38,41)(H,42,43,44)/b18-17+,23-22+,24-21-,31-29+. The van der Waals surface area contributed by atoms with Crippen LogP contribution < -0.4 is 5.32 Å². The Balaban J connectivity index is 4.27. The Morgan fingerprint density at radius 1 is 0.600 bits per heavy atom. The predicted molar refractivity (Wildman–Crippen MR) is 190 cm³/mol. The van der Waals surface area contributed by atoms with Crippen molar-refractivity contribution in [1.82, 2.24) is 5.32 Å². The zero-order valence-electron chi connectivity index (χ0n) is 28.6. The van der Waals surface area contributed by atoms with Crippen LogP contribution in [0.2, 0.25) is 0 Å². The first kappa shape index (κ1) is 43.3. The van der Waals surface area contributed by atoms with E-state index < -0.39 is 40.0 Å². The summed E-state index contributed by atoms with van der Waals surface area (Å²) in [4.78, 5) is 12.5. The van der Waals surface area contributed by atoms with Crippen LogP contribution in [0.25, 0.3) is 0 Å². The van der Waals surface area contributed by atoms with Gasteiger partial charge in [0.1, 0.15) is 6.10 Å². The molecule has 0 aliphatic rings. The van der Waals surface area contributed by atoms with Crippen LogP contribution in [0.1, 0.15) is 155 Å². The van der Waals surface area contributed by atoms with Gasteiger partial charge in [0.15, 0.2) is 0 Å². The maximum Gasteiger partial charge on any atom is 0.267 e. The fourth-order valence-electron chi connectivity index (χ4n) is 5.01. The number of nitrogens with one attached hydrogen (secondary N) is 1. The highest BCUT2D eigenvalue weighted by Crippen LogP contribution is 2.11. The first-order valence-electron chi connectivity index (χ1n) is 17.9. The van der Waals surface area contributed by atoms with E-state index in [4.69, 9.17) is 0 Å². The maximum absolute atomic E-state index is 12.5. The number of carbonyl (C=O) groups excluding carboxylic acids is 1. The number of allylic oxidation sites excluding steroid dienone is 7. The zero-order chi connectivity index (χ0) is 33.4. The van der Waals surface area contributed by atoms with Crippen LogP contribution in [-0.2, 0) is 14.9 Å². The molecule has 3 atom stereocenters. The highest BCUT2D eigenvalue weighted by Gasteiger charge is 2.27. The molecule has 0 saturated heterocycles. The number of hydrogen-bond donors (Lipinski definition) is 4. The van der Waals surface area contributed by atoms with Crippen molar-refractivity contribution in [2.45, 2.75) is 173 Å². The molecule has 0 radical (unpaired) electrons. The van der Waals surface area contributed by atoms with E-state index in [9.17, 15) is 28.0 Å². The average Bonchev–Trinajstić information content (AvgIpc) is 3.00. The second-order valence-corrected chi connectivity index (χ2v) is 13.8.